The molecule has 0 saturated carbocycles. The van der Waals surface area contributed by atoms with Crippen LogP contribution >= 0.6 is 0 Å². The van der Waals surface area contributed by atoms with E-state index in [1.54, 1.807) is 6.33 Å². The Kier molecular flexibility index (Phi) is 3.26. The minimum Gasteiger partial charge on any atom is -0.486 e. The lowest BCUT2D eigenvalue weighted by Crippen LogP contribution is -2.10. The fourth-order valence-corrected chi connectivity index (χ4v) is 2.48. The number of nitrogens with zero attached hydrogens (tertiary/aromatic N) is 3. The first-order valence-corrected chi connectivity index (χ1v) is 6.82. The number of benzene rings is 1. The number of carbonyl (C=O) groups excluding carboxylic acids is 1. The van der Waals surface area contributed by atoms with Gasteiger partial charge in [0.15, 0.2) is 11.6 Å². The van der Waals surface area contributed by atoms with Crippen LogP contribution in [0.4, 0.5) is 0 Å². The standard InChI is InChI=1S/C15H17N3O2/c1-10(2)18-15(16-9-17-18)8-20-12-4-5-13-11(7-12)3-6-14(13)19/h4-5,7,9-10H,3,6,8H2,1-2H3. The summed E-state index contributed by atoms with van der Waals surface area (Å²) in [5.41, 5.74) is 1.92. The number of Topliss-reactive ketones (excluding diaryl/α,β-unsaturated/α-hetero) is 1. The molecule has 3 rings (SSSR count). The van der Waals surface area contributed by atoms with E-state index < -0.39 is 0 Å². The minimum absolute atomic E-state index is 0.228. The van der Waals surface area contributed by atoms with Crippen LogP contribution in [0.1, 0.15) is 48.1 Å². The Hall–Kier alpha value is -2.17. The highest BCUT2D eigenvalue weighted by molar-refractivity contribution is 6.00. The van der Waals surface area contributed by atoms with Crippen LogP contribution in [0.5, 0.6) is 5.75 Å². The second-order valence-electron chi connectivity index (χ2n) is 5.25. The molecule has 20 heavy (non-hydrogen) atoms. The average molecular weight is 271 g/mol. The molecule has 0 bridgehead atoms. The lowest BCUT2D eigenvalue weighted by Gasteiger charge is -2.11. The van der Waals surface area contributed by atoms with Crippen molar-refractivity contribution in [3.63, 3.8) is 0 Å². The van der Waals surface area contributed by atoms with Crippen molar-refractivity contribution in [2.45, 2.75) is 39.3 Å². The van der Waals surface area contributed by atoms with Crippen LogP contribution in [0.25, 0.3) is 0 Å². The zero-order valence-corrected chi connectivity index (χ0v) is 11.7. The van der Waals surface area contributed by atoms with Crippen LogP contribution in [0.2, 0.25) is 0 Å². The predicted molar refractivity (Wildman–Crippen MR) is 73.8 cm³/mol. The minimum atomic E-state index is 0.228. The Morgan fingerprint density at radius 2 is 2.20 bits per heavy atom. The molecule has 0 atom stereocenters. The molecule has 5 nitrogen and oxygen atoms in total. The third-order valence-electron chi connectivity index (χ3n) is 3.50. The van der Waals surface area contributed by atoms with Crippen molar-refractivity contribution < 1.29 is 9.53 Å². The normalized spacial score (nSPS) is 13.8. The molecule has 0 saturated heterocycles. The summed E-state index contributed by atoms with van der Waals surface area (Å²) in [5, 5.41) is 4.18. The summed E-state index contributed by atoms with van der Waals surface area (Å²) in [4.78, 5) is 15.8. The van der Waals surface area contributed by atoms with Gasteiger partial charge in [0.1, 0.15) is 18.7 Å². The summed E-state index contributed by atoms with van der Waals surface area (Å²) in [6.07, 6.45) is 2.97. The summed E-state index contributed by atoms with van der Waals surface area (Å²) < 4.78 is 7.61. The van der Waals surface area contributed by atoms with E-state index in [4.69, 9.17) is 4.74 Å². The molecule has 2 aromatic rings. The predicted octanol–water partition coefficient (Wildman–Crippen LogP) is 2.57. The molecule has 0 aliphatic heterocycles. The van der Waals surface area contributed by atoms with Gasteiger partial charge in [-0.15, -0.1) is 0 Å². The van der Waals surface area contributed by atoms with Crippen molar-refractivity contribution >= 4 is 5.78 Å². The van der Waals surface area contributed by atoms with Gasteiger partial charge in [0.05, 0.1) is 0 Å². The summed E-state index contributed by atoms with van der Waals surface area (Å²) in [5.74, 6) is 1.81. The van der Waals surface area contributed by atoms with Crippen LogP contribution in [-0.4, -0.2) is 20.5 Å². The van der Waals surface area contributed by atoms with Gasteiger partial charge in [-0.2, -0.15) is 5.10 Å². The van der Waals surface area contributed by atoms with Gasteiger partial charge in [-0.25, -0.2) is 9.67 Å². The van der Waals surface area contributed by atoms with Crippen LogP contribution in [-0.2, 0) is 13.0 Å². The van der Waals surface area contributed by atoms with E-state index in [1.165, 1.54) is 0 Å². The van der Waals surface area contributed by atoms with Gasteiger partial charge < -0.3 is 4.74 Å². The van der Waals surface area contributed by atoms with Crippen molar-refractivity contribution in [2.24, 2.45) is 0 Å². The molecule has 0 amide bonds. The molecule has 5 heteroatoms. The Labute approximate surface area is 117 Å². The molecule has 0 spiro atoms. The Morgan fingerprint density at radius 3 is 3.00 bits per heavy atom. The van der Waals surface area contributed by atoms with Crippen molar-refractivity contribution in [1.82, 2.24) is 14.8 Å². The molecule has 1 heterocycles. The maximum Gasteiger partial charge on any atom is 0.165 e. The highest BCUT2D eigenvalue weighted by Gasteiger charge is 2.19. The highest BCUT2D eigenvalue weighted by Crippen LogP contribution is 2.26. The number of fused-ring (bicyclic) bond motifs is 1. The lowest BCUT2D eigenvalue weighted by molar-refractivity contribution is 0.0994. The molecule has 1 aromatic heterocycles. The zero-order valence-electron chi connectivity index (χ0n) is 11.7. The first kappa shape index (κ1) is 12.8. The van der Waals surface area contributed by atoms with Crippen LogP contribution in [0.15, 0.2) is 24.5 Å². The molecule has 1 aliphatic rings. The Balaban J connectivity index is 1.73. The molecule has 0 radical (unpaired) electrons. The smallest absolute Gasteiger partial charge is 0.165 e. The number of ether oxygens (including phenoxy) is 1. The van der Waals surface area contributed by atoms with Gasteiger partial charge >= 0.3 is 0 Å². The van der Waals surface area contributed by atoms with Gasteiger partial charge in [-0.05, 0) is 44.0 Å². The maximum absolute atomic E-state index is 11.6. The van der Waals surface area contributed by atoms with E-state index in [2.05, 4.69) is 23.9 Å². The van der Waals surface area contributed by atoms with Crippen molar-refractivity contribution in [3.8, 4) is 5.75 Å². The molecule has 104 valence electrons. The SMILES string of the molecule is CC(C)n1ncnc1COc1ccc2c(c1)CCC2=O. The number of aromatic nitrogens is 3. The summed E-state index contributed by atoms with van der Waals surface area (Å²) >= 11 is 0. The lowest BCUT2D eigenvalue weighted by atomic mass is 10.1. The van der Waals surface area contributed by atoms with E-state index in [-0.39, 0.29) is 11.8 Å². The zero-order chi connectivity index (χ0) is 14.1. The van der Waals surface area contributed by atoms with Crippen LogP contribution in [0.3, 0.4) is 0 Å². The average Bonchev–Trinajstić information content (AvgIpc) is 3.03. The van der Waals surface area contributed by atoms with Crippen molar-refractivity contribution in [2.75, 3.05) is 0 Å². The Morgan fingerprint density at radius 1 is 1.35 bits per heavy atom. The number of hydrogen-bond donors (Lipinski definition) is 0. The van der Waals surface area contributed by atoms with Crippen LogP contribution < -0.4 is 4.74 Å². The van der Waals surface area contributed by atoms with E-state index in [1.807, 2.05) is 22.9 Å². The van der Waals surface area contributed by atoms with Gasteiger partial charge in [-0.3, -0.25) is 4.79 Å². The first-order valence-electron chi connectivity index (χ1n) is 6.82. The second kappa shape index (κ2) is 5.07. The topological polar surface area (TPSA) is 57.0 Å². The monoisotopic (exact) mass is 271 g/mol. The third-order valence-corrected chi connectivity index (χ3v) is 3.50. The van der Waals surface area contributed by atoms with Gasteiger partial charge in [-0.1, -0.05) is 0 Å². The van der Waals surface area contributed by atoms with E-state index in [0.29, 0.717) is 13.0 Å². The van der Waals surface area contributed by atoms with Gasteiger partial charge in [0, 0.05) is 18.0 Å². The Bertz CT molecular complexity index is 646. The van der Waals surface area contributed by atoms with E-state index >= 15 is 0 Å². The number of carbonyl (C=O) groups is 1. The first-order chi connectivity index (χ1) is 9.65. The molecule has 1 aliphatic carbocycles. The van der Waals surface area contributed by atoms with Crippen molar-refractivity contribution in [3.05, 3.63) is 41.5 Å². The number of rotatable bonds is 4. The molecule has 0 unspecified atom stereocenters. The van der Waals surface area contributed by atoms with Crippen LogP contribution in [0, 0.1) is 0 Å². The maximum atomic E-state index is 11.6. The number of hydrogen-bond acceptors (Lipinski definition) is 4. The fourth-order valence-electron chi connectivity index (χ4n) is 2.48. The summed E-state index contributed by atoms with van der Waals surface area (Å²) in [7, 11) is 0. The largest absolute Gasteiger partial charge is 0.486 e. The van der Waals surface area contributed by atoms with Gasteiger partial charge in [0.2, 0.25) is 0 Å². The highest BCUT2D eigenvalue weighted by atomic mass is 16.5. The third kappa shape index (κ3) is 2.31. The molecular weight excluding hydrogens is 254 g/mol. The second-order valence-corrected chi connectivity index (χ2v) is 5.25. The van der Waals surface area contributed by atoms with E-state index in [9.17, 15) is 4.79 Å². The summed E-state index contributed by atoms with van der Waals surface area (Å²) in [6, 6.07) is 5.91. The van der Waals surface area contributed by atoms with Gasteiger partial charge in [0.25, 0.3) is 0 Å². The quantitative estimate of drug-likeness (QED) is 0.857. The molecule has 0 N–H and O–H groups in total. The fraction of sp³-hybridized carbons (Fsp3) is 0.400. The molecule has 0 fully saturated rings. The molecular formula is C15H17N3O2. The summed E-state index contributed by atoms with van der Waals surface area (Å²) in [6.45, 7) is 4.49. The number of ketones is 1. The van der Waals surface area contributed by atoms with E-state index in [0.717, 1.165) is 29.1 Å². The molecule has 1 aromatic carbocycles. The van der Waals surface area contributed by atoms with Crippen molar-refractivity contribution in [1.29, 1.82) is 0 Å². The number of aryl methyl sites for hydroxylation is 1.